The molecule has 3 heteroatoms. The monoisotopic (exact) mass is 271 g/mol. The highest BCUT2D eigenvalue weighted by Gasteiger charge is 2.49. The third-order valence-electron chi connectivity index (χ3n) is 6.64. The van der Waals surface area contributed by atoms with Gasteiger partial charge in [0, 0.05) is 24.1 Å². The predicted octanol–water partition coefficient (Wildman–Crippen LogP) is 2.77. The van der Waals surface area contributed by atoms with Crippen molar-refractivity contribution in [1.29, 1.82) is 0 Å². The van der Waals surface area contributed by atoms with Crippen LogP contribution in [0.15, 0.2) is 0 Å². The van der Waals surface area contributed by atoms with Crippen molar-refractivity contribution in [2.24, 2.45) is 29.4 Å². The standard InChI is InChI=1S/C17H25N3/c18-13-1-2-14-15(8-13)20-17(19-14)16-11-4-9-3-10(6-11)7-12(16)5-9/h9-13,16H,1-8,18H2,(H,19,20). The molecule has 4 fully saturated rings. The Morgan fingerprint density at radius 3 is 2.40 bits per heavy atom. The summed E-state index contributed by atoms with van der Waals surface area (Å²) >= 11 is 0. The lowest BCUT2D eigenvalue weighted by Crippen LogP contribution is -2.44. The quantitative estimate of drug-likeness (QED) is 0.825. The number of rotatable bonds is 1. The van der Waals surface area contributed by atoms with E-state index in [0.717, 1.165) is 48.9 Å². The molecule has 1 aromatic heterocycles. The average Bonchev–Trinajstić information content (AvgIpc) is 2.79. The van der Waals surface area contributed by atoms with Gasteiger partial charge in [0.05, 0.1) is 5.69 Å². The molecule has 4 saturated carbocycles. The molecule has 3 N–H and O–H groups in total. The van der Waals surface area contributed by atoms with Crippen LogP contribution in [0.4, 0.5) is 0 Å². The summed E-state index contributed by atoms with van der Waals surface area (Å²) in [4.78, 5) is 8.72. The van der Waals surface area contributed by atoms with E-state index in [2.05, 4.69) is 4.98 Å². The topological polar surface area (TPSA) is 54.7 Å². The van der Waals surface area contributed by atoms with Gasteiger partial charge in [0.15, 0.2) is 0 Å². The Balaban J connectivity index is 1.48. The Morgan fingerprint density at radius 2 is 1.70 bits per heavy atom. The Morgan fingerprint density at radius 1 is 1.00 bits per heavy atom. The molecular weight excluding hydrogens is 246 g/mol. The zero-order valence-corrected chi connectivity index (χ0v) is 12.1. The number of H-pyrrole nitrogens is 1. The van der Waals surface area contributed by atoms with Crippen molar-refractivity contribution < 1.29 is 0 Å². The number of nitrogens with zero attached hydrogens (tertiary/aromatic N) is 1. The van der Waals surface area contributed by atoms with Crippen LogP contribution in [0.1, 0.15) is 61.7 Å². The fraction of sp³-hybridized carbons (Fsp3) is 0.824. The van der Waals surface area contributed by atoms with E-state index in [1.54, 1.807) is 0 Å². The number of aromatic nitrogens is 2. The van der Waals surface area contributed by atoms with Crippen molar-refractivity contribution in [3.8, 4) is 0 Å². The molecule has 0 amide bonds. The van der Waals surface area contributed by atoms with Gasteiger partial charge >= 0.3 is 0 Å². The van der Waals surface area contributed by atoms with Gasteiger partial charge in [-0.3, -0.25) is 0 Å². The summed E-state index contributed by atoms with van der Waals surface area (Å²) in [6.45, 7) is 0. The van der Waals surface area contributed by atoms with E-state index >= 15 is 0 Å². The van der Waals surface area contributed by atoms with E-state index in [1.165, 1.54) is 49.3 Å². The molecular formula is C17H25N3. The number of nitrogens with one attached hydrogen (secondary N) is 1. The third kappa shape index (κ3) is 1.65. The normalized spacial score (nSPS) is 45.6. The maximum Gasteiger partial charge on any atom is 0.110 e. The van der Waals surface area contributed by atoms with Gasteiger partial charge in [-0.15, -0.1) is 0 Å². The minimum absolute atomic E-state index is 0.342. The second kappa shape index (κ2) is 4.09. The Hall–Kier alpha value is -0.830. The first-order valence-electron chi connectivity index (χ1n) is 8.59. The number of aromatic amines is 1. The third-order valence-corrected chi connectivity index (χ3v) is 6.64. The van der Waals surface area contributed by atoms with Crippen LogP contribution in [0.2, 0.25) is 0 Å². The van der Waals surface area contributed by atoms with Crippen molar-refractivity contribution in [2.75, 3.05) is 0 Å². The van der Waals surface area contributed by atoms with E-state index in [1.807, 2.05) is 0 Å². The second-order valence-electron chi connectivity index (χ2n) is 8.01. The van der Waals surface area contributed by atoms with Gasteiger partial charge in [-0.05, 0) is 68.6 Å². The van der Waals surface area contributed by atoms with Gasteiger partial charge in [-0.2, -0.15) is 0 Å². The SMILES string of the molecule is NC1CCc2nc(C3C4CC5CC(C4)CC3C5)[nH]c2C1. The molecule has 108 valence electrons. The highest BCUT2D eigenvalue weighted by Crippen LogP contribution is 2.59. The van der Waals surface area contributed by atoms with Crippen molar-refractivity contribution in [2.45, 2.75) is 63.3 Å². The van der Waals surface area contributed by atoms with Crippen LogP contribution in [-0.4, -0.2) is 16.0 Å². The molecule has 0 radical (unpaired) electrons. The first-order valence-corrected chi connectivity index (χ1v) is 8.59. The number of hydrogen-bond donors (Lipinski definition) is 2. The average molecular weight is 271 g/mol. The highest BCUT2D eigenvalue weighted by molar-refractivity contribution is 5.23. The van der Waals surface area contributed by atoms with Gasteiger partial charge in [0.2, 0.25) is 0 Å². The number of imidazole rings is 1. The van der Waals surface area contributed by atoms with Gasteiger partial charge in [0.1, 0.15) is 5.82 Å². The minimum Gasteiger partial charge on any atom is -0.345 e. The number of hydrogen-bond acceptors (Lipinski definition) is 2. The van der Waals surface area contributed by atoms with Crippen LogP contribution in [0.5, 0.6) is 0 Å². The van der Waals surface area contributed by atoms with Crippen LogP contribution < -0.4 is 5.73 Å². The minimum atomic E-state index is 0.342. The maximum atomic E-state index is 6.11. The van der Waals surface area contributed by atoms with E-state index in [0.29, 0.717) is 6.04 Å². The summed E-state index contributed by atoms with van der Waals surface area (Å²) in [5.41, 5.74) is 8.79. The summed E-state index contributed by atoms with van der Waals surface area (Å²) in [7, 11) is 0. The number of aryl methyl sites for hydroxylation is 1. The summed E-state index contributed by atoms with van der Waals surface area (Å²) < 4.78 is 0. The lowest BCUT2D eigenvalue weighted by atomic mass is 9.52. The Kier molecular flexibility index (Phi) is 2.41. The van der Waals surface area contributed by atoms with Crippen molar-refractivity contribution in [3.63, 3.8) is 0 Å². The second-order valence-corrected chi connectivity index (χ2v) is 8.01. The van der Waals surface area contributed by atoms with E-state index < -0.39 is 0 Å². The lowest BCUT2D eigenvalue weighted by molar-refractivity contribution is -0.00543. The van der Waals surface area contributed by atoms with E-state index in [-0.39, 0.29) is 0 Å². The molecule has 5 aliphatic rings. The van der Waals surface area contributed by atoms with Crippen LogP contribution in [-0.2, 0) is 12.8 Å². The summed E-state index contributed by atoms with van der Waals surface area (Å²) in [6.07, 6.45) is 10.6. The summed E-state index contributed by atoms with van der Waals surface area (Å²) in [5.74, 6) is 6.01. The van der Waals surface area contributed by atoms with Crippen LogP contribution in [0, 0.1) is 23.7 Å². The molecule has 0 aliphatic heterocycles. The van der Waals surface area contributed by atoms with Crippen LogP contribution in [0.3, 0.4) is 0 Å². The molecule has 0 saturated heterocycles. The van der Waals surface area contributed by atoms with Crippen molar-refractivity contribution in [1.82, 2.24) is 9.97 Å². The summed E-state index contributed by atoms with van der Waals surface area (Å²) in [5, 5.41) is 0. The van der Waals surface area contributed by atoms with Crippen molar-refractivity contribution in [3.05, 3.63) is 17.2 Å². The highest BCUT2D eigenvalue weighted by atomic mass is 15.0. The molecule has 1 heterocycles. The van der Waals surface area contributed by atoms with Gasteiger partial charge < -0.3 is 10.7 Å². The number of nitrogens with two attached hydrogens (primary N) is 1. The zero-order chi connectivity index (χ0) is 13.3. The fourth-order valence-electron chi connectivity index (χ4n) is 6.06. The first kappa shape index (κ1) is 11.8. The molecule has 0 spiro atoms. The van der Waals surface area contributed by atoms with E-state index in [4.69, 9.17) is 10.7 Å². The molecule has 1 atom stereocenters. The largest absolute Gasteiger partial charge is 0.345 e. The van der Waals surface area contributed by atoms with Gasteiger partial charge in [-0.1, -0.05) is 0 Å². The van der Waals surface area contributed by atoms with Crippen LogP contribution in [0.25, 0.3) is 0 Å². The fourth-order valence-corrected chi connectivity index (χ4v) is 6.06. The Bertz CT molecular complexity index is 504. The molecule has 20 heavy (non-hydrogen) atoms. The van der Waals surface area contributed by atoms with E-state index in [9.17, 15) is 0 Å². The smallest absolute Gasteiger partial charge is 0.110 e. The zero-order valence-electron chi connectivity index (χ0n) is 12.1. The molecule has 4 bridgehead atoms. The van der Waals surface area contributed by atoms with Gasteiger partial charge in [-0.25, -0.2) is 4.98 Å². The molecule has 1 aromatic rings. The number of fused-ring (bicyclic) bond motifs is 1. The lowest BCUT2D eigenvalue weighted by Gasteiger charge is -2.53. The first-order chi connectivity index (χ1) is 9.76. The predicted molar refractivity (Wildman–Crippen MR) is 78.4 cm³/mol. The molecule has 6 rings (SSSR count). The molecule has 1 unspecified atom stereocenters. The maximum absolute atomic E-state index is 6.11. The molecule has 3 nitrogen and oxygen atoms in total. The molecule has 5 aliphatic carbocycles. The van der Waals surface area contributed by atoms with Crippen molar-refractivity contribution >= 4 is 0 Å². The van der Waals surface area contributed by atoms with Gasteiger partial charge in [0.25, 0.3) is 0 Å². The van der Waals surface area contributed by atoms with Crippen LogP contribution >= 0.6 is 0 Å². The Labute approximate surface area is 120 Å². The molecule has 0 aromatic carbocycles. The summed E-state index contributed by atoms with van der Waals surface area (Å²) in [6, 6.07) is 0.342.